The molecular formula is C26H46N4. The van der Waals surface area contributed by atoms with Gasteiger partial charge in [-0.1, -0.05) is 62.8 Å². The molecule has 2 aliphatic carbocycles. The lowest BCUT2D eigenvalue weighted by molar-refractivity contribution is 0.371. The van der Waals surface area contributed by atoms with Crippen LogP contribution in [-0.2, 0) is 13.1 Å². The Morgan fingerprint density at radius 3 is 1.53 bits per heavy atom. The fourth-order valence-corrected chi connectivity index (χ4v) is 4.97. The zero-order chi connectivity index (χ0) is 20.7. The summed E-state index contributed by atoms with van der Waals surface area (Å²) in [4.78, 5) is 0. The number of rotatable bonds is 14. The molecule has 1 aromatic carbocycles. The first-order chi connectivity index (χ1) is 14.9. The summed E-state index contributed by atoms with van der Waals surface area (Å²) < 4.78 is 0. The predicted octanol–water partition coefficient (Wildman–Crippen LogP) is 4.49. The Hall–Kier alpha value is -0.940. The molecule has 170 valence electrons. The van der Waals surface area contributed by atoms with E-state index in [0.29, 0.717) is 0 Å². The van der Waals surface area contributed by atoms with Crippen LogP contribution >= 0.6 is 0 Å². The molecule has 3 rings (SSSR count). The number of hydrogen-bond acceptors (Lipinski definition) is 4. The van der Waals surface area contributed by atoms with Crippen LogP contribution in [0.2, 0.25) is 0 Å². The van der Waals surface area contributed by atoms with E-state index >= 15 is 0 Å². The first kappa shape index (κ1) is 23.7. The van der Waals surface area contributed by atoms with E-state index in [1.807, 2.05) is 0 Å². The summed E-state index contributed by atoms with van der Waals surface area (Å²) in [7, 11) is 0. The SMILES string of the molecule is c1cc(CNCCCNC2CCCCC2)cc(CNCCCNC2CCCCC2)c1. The van der Waals surface area contributed by atoms with Crippen molar-refractivity contribution in [3.8, 4) is 0 Å². The van der Waals surface area contributed by atoms with Crippen molar-refractivity contribution in [2.24, 2.45) is 0 Å². The highest BCUT2D eigenvalue weighted by molar-refractivity contribution is 5.23. The van der Waals surface area contributed by atoms with Gasteiger partial charge < -0.3 is 21.3 Å². The second-order valence-electron chi connectivity index (χ2n) is 9.46. The Kier molecular flexibility index (Phi) is 11.8. The van der Waals surface area contributed by atoms with Crippen LogP contribution < -0.4 is 21.3 Å². The molecule has 0 amide bonds. The van der Waals surface area contributed by atoms with Crippen LogP contribution in [-0.4, -0.2) is 38.3 Å². The Balaban J connectivity index is 1.18. The van der Waals surface area contributed by atoms with Crippen LogP contribution in [0.4, 0.5) is 0 Å². The van der Waals surface area contributed by atoms with E-state index in [9.17, 15) is 0 Å². The largest absolute Gasteiger partial charge is 0.314 e. The van der Waals surface area contributed by atoms with Crippen molar-refractivity contribution >= 4 is 0 Å². The van der Waals surface area contributed by atoms with Crippen LogP contribution in [0.15, 0.2) is 24.3 Å². The van der Waals surface area contributed by atoms with E-state index in [1.54, 1.807) is 0 Å². The first-order valence-corrected chi connectivity index (χ1v) is 12.9. The fourth-order valence-electron chi connectivity index (χ4n) is 4.97. The molecule has 0 aromatic heterocycles. The van der Waals surface area contributed by atoms with Crippen LogP contribution in [0.25, 0.3) is 0 Å². The molecule has 0 spiro atoms. The van der Waals surface area contributed by atoms with Gasteiger partial charge in [-0.15, -0.1) is 0 Å². The van der Waals surface area contributed by atoms with Gasteiger partial charge in [-0.2, -0.15) is 0 Å². The predicted molar refractivity (Wildman–Crippen MR) is 129 cm³/mol. The minimum absolute atomic E-state index is 0.783. The van der Waals surface area contributed by atoms with Crippen LogP contribution in [0.3, 0.4) is 0 Å². The number of nitrogens with one attached hydrogen (secondary N) is 4. The van der Waals surface area contributed by atoms with Gasteiger partial charge in [-0.05, 0) is 75.8 Å². The molecule has 0 heterocycles. The zero-order valence-corrected chi connectivity index (χ0v) is 19.2. The topological polar surface area (TPSA) is 48.1 Å². The molecule has 1 aromatic rings. The summed E-state index contributed by atoms with van der Waals surface area (Å²) in [5.74, 6) is 0. The molecule has 0 bridgehead atoms. The highest BCUT2D eigenvalue weighted by Gasteiger charge is 2.12. The number of benzene rings is 1. The fraction of sp³-hybridized carbons (Fsp3) is 0.769. The first-order valence-electron chi connectivity index (χ1n) is 12.9. The van der Waals surface area contributed by atoms with Crippen LogP contribution in [0.5, 0.6) is 0 Å². The minimum Gasteiger partial charge on any atom is -0.314 e. The van der Waals surface area contributed by atoms with E-state index in [-0.39, 0.29) is 0 Å². The van der Waals surface area contributed by atoms with Gasteiger partial charge in [0.2, 0.25) is 0 Å². The van der Waals surface area contributed by atoms with Crippen molar-refractivity contribution in [1.82, 2.24) is 21.3 Å². The van der Waals surface area contributed by atoms with Gasteiger partial charge in [-0.3, -0.25) is 0 Å². The standard InChI is InChI=1S/C26H46N4/c1-3-12-25(13-4-1)29-18-8-16-27-21-23-10-7-11-24(20-23)22-28-17-9-19-30-26-14-5-2-6-15-26/h7,10-11,20,25-30H,1-6,8-9,12-19,21-22H2. The third-order valence-electron chi connectivity index (χ3n) is 6.79. The summed E-state index contributed by atoms with van der Waals surface area (Å²) >= 11 is 0. The summed E-state index contributed by atoms with van der Waals surface area (Å²) in [6, 6.07) is 10.6. The molecule has 2 fully saturated rings. The molecular weight excluding hydrogens is 368 g/mol. The average molecular weight is 415 g/mol. The van der Waals surface area contributed by atoms with Gasteiger partial charge in [0, 0.05) is 25.2 Å². The van der Waals surface area contributed by atoms with Crippen molar-refractivity contribution < 1.29 is 0 Å². The quantitative estimate of drug-likeness (QED) is 0.339. The maximum absolute atomic E-state index is 3.73. The van der Waals surface area contributed by atoms with Crippen molar-refractivity contribution in [3.63, 3.8) is 0 Å². The average Bonchev–Trinajstić information content (AvgIpc) is 2.80. The van der Waals surface area contributed by atoms with E-state index in [0.717, 1.165) is 51.4 Å². The highest BCUT2D eigenvalue weighted by atomic mass is 14.9. The summed E-state index contributed by atoms with van der Waals surface area (Å²) in [6.45, 7) is 6.44. The third kappa shape index (κ3) is 9.91. The summed E-state index contributed by atoms with van der Waals surface area (Å²) in [5.41, 5.74) is 2.79. The van der Waals surface area contributed by atoms with Gasteiger partial charge in [0.05, 0.1) is 0 Å². The molecule has 0 unspecified atom stereocenters. The maximum atomic E-state index is 3.73. The maximum Gasteiger partial charge on any atom is 0.0205 e. The molecule has 0 saturated heterocycles. The normalized spacial score (nSPS) is 18.7. The lowest BCUT2D eigenvalue weighted by atomic mass is 9.95. The summed E-state index contributed by atoms with van der Waals surface area (Å²) in [6.07, 6.45) is 16.5. The van der Waals surface area contributed by atoms with Gasteiger partial charge in [0.15, 0.2) is 0 Å². The monoisotopic (exact) mass is 414 g/mol. The van der Waals surface area contributed by atoms with Gasteiger partial charge >= 0.3 is 0 Å². The molecule has 4 heteroatoms. The zero-order valence-electron chi connectivity index (χ0n) is 19.2. The highest BCUT2D eigenvalue weighted by Crippen LogP contribution is 2.17. The lowest BCUT2D eigenvalue weighted by Crippen LogP contribution is -2.33. The van der Waals surface area contributed by atoms with Crippen molar-refractivity contribution in [2.45, 2.75) is 102 Å². The van der Waals surface area contributed by atoms with Crippen molar-refractivity contribution in [2.75, 3.05) is 26.2 Å². The van der Waals surface area contributed by atoms with Gasteiger partial charge in [-0.25, -0.2) is 0 Å². The Bertz CT molecular complexity index is 504. The molecule has 0 aliphatic heterocycles. The van der Waals surface area contributed by atoms with E-state index in [1.165, 1.54) is 88.2 Å². The smallest absolute Gasteiger partial charge is 0.0205 e. The van der Waals surface area contributed by atoms with E-state index in [4.69, 9.17) is 0 Å². The minimum atomic E-state index is 0.783. The molecule has 30 heavy (non-hydrogen) atoms. The second kappa shape index (κ2) is 15.0. The molecule has 0 radical (unpaired) electrons. The lowest BCUT2D eigenvalue weighted by Gasteiger charge is -2.22. The Morgan fingerprint density at radius 1 is 0.600 bits per heavy atom. The molecule has 4 nitrogen and oxygen atoms in total. The van der Waals surface area contributed by atoms with E-state index in [2.05, 4.69) is 45.5 Å². The van der Waals surface area contributed by atoms with Crippen LogP contribution in [0.1, 0.15) is 88.2 Å². The van der Waals surface area contributed by atoms with Crippen molar-refractivity contribution in [3.05, 3.63) is 35.4 Å². The van der Waals surface area contributed by atoms with Gasteiger partial charge in [0.1, 0.15) is 0 Å². The Morgan fingerprint density at radius 2 is 1.07 bits per heavy atom. The molecule has 0 atom stereocenters. The number of hydrogen-bond donors (Lipinski definition) is 4. The molecule has 4 N–H and O–H groups in total. The van der Waals surface area contributed by atoms with Crippen LogP contribution in [0, 0.1) is 0 Å². The molecule has 2 aliphatic rings. The second-order valence-corrected chi connectivity index (χ2v) is 9.46. The Labute approximate surface area is 185 Å². The van der Waals surface area contributed by atoms with E-state index < -0.39 is 0 Å². The van der Waals surface area contributed by atoms with Gasteiger partial charge in [0.25, 0.3) is 0 Å². The third-order valence-corrected chi connectivity index (χ3v) is 6.79. The summed E-state index contributed by atoms with van der Waals surface area (Å²) in [5, 5.41) is 14.7. The molecule has 2 saturated carbocycles. The van der Waals surface area contributed by atoms with Crippen molar-refractivity contribution in [1.29, 1.82) is 0 Å².